The molecule has 80 valence electrons. The van der Waals surface area contributed by atoms with Crippen molar-refractivity contribution < 1.29 is 10.2 Å². The molecule has 0 aromatic rings. The van der Waals surface area contributed by atoms with E-state index in [1.807, 2.05) is 0 Å². The van der Waals surface area contributed by atoms with Gasteiger partial charge in [0.05, 0.1) is 6.10 Å². The molecule has 3 heteroatoms. The van der Waals surface area contributed by atoms with E-state index in [2.05, 4.69) is 26.1 Å². The number of hydrogen-bond acceptors (Lipinski definition) is 3. The average Bonchev–Trinajstić information content (AvgIpc) is 1.95. The van der Waals surface area contributed by atoms with Crippen molar-refractivity contribution in [3.63, 3.8) is 0 Å². The lowest BCUT2D eigenvalue weighted by atomic mass is 9.85. The standard InChI is InChI=1S/C10H23NO2/c1-8(13)7-11-9(5-6-12)10(2,3)4/h8-9,11-13H,5-7H2,1-4H3/t8-,9?/m0/s1. The fourth-order valence-corrected chi connectivity index (χ4v) is 1.28. The molecule has 0 radical (unpaired) electrons. The molecular weight excluding hydrogens is 166 g/mol. The molecular formula is C10H23NO2. The normalized spacial score (nSPS) is 17.1. The molecule has 0 fully saturated rings. The Morgan fingerprint density at radius 3 is 2.15 bits per heavy atom. The summed E-state index contributed by atoms with van der Waals surface area (Å²) in [5.74, 6) is 0. The van der Waals surface area contributed by atoms with Crippen molar-refractivity contribution >= 4 is 0 Å². The maximum Gasteiger partial charge on any atom is 0.0636 e. The van der Waals surface area contributed by atoms with Gasteiger partial charge < -0.3 is 15.5 Å². The topological polar surface area (TPSA) is 52.5 Å². The molecule has 0 saturated heterocycles. The summed E-state index contributed by atoms with van der Waals surface area (Å²) in [5.41, 5.74) is 0.123. The van der Waals surface area contributed by atoms with Crippen LogP contribution in [0, 0.1) is 5.41 Å². The van der Waals surface area contributed by atoms with Gasteiger partial charge in [-0.15, -0.1) is 0 Å². The first kappa shape index (κ1) is 12.9. The average molecular weight is 189 g/mol. The highest BCUT2D eigenvalue weighted by molar-refractivity contribution is 4.80. The van der Waals surface area contributed by atoms with Gasteiger partial charge in [0, 0.05) is 19.2 Å². The zero-order valence-electron chi connectivity index (χ0n) is 9.17. The third-order valence-electron chi connectivity index (χ3n) is 2.12. The Kier molecular flexibility index (Phi) is 5.53. The van der Waals surface area contributed by atoms with Gasteiger partial charge in [0.2, 0.25) is 0 Å². The summed E-state index contributed by atoms with van der Waals surface area (Å²) in [7, 11) is 0. The second-order valence-corrected chi connectivity index (χ2v) is 4.69. The zero-order chi connectivity index (χ0) is 10.5. The monoisotopic (exact) mass is 189 g/mol. The molecule has 1 unspecified atom stereocenters. The summed E-state index contributed by atoms with van der Waals surface area (Å²) in [6.45, 7) is 8.91. The van der Waals surface area contributed by atoms with Gasteiger partial charge in [0.15, 0.2) is 0 Å². The molecule has 0 aliphatic carbocycles. The van der Waals surface area contributed by atoms with E-state index < -0.39 is 0 Å². The highest BCUT2D eigenvalue weighted by Gasteiger charge is 2.23. The second kappa shape index (κ2) is 5.58. The van der Waals surface area contributed by atoms with Crippen molar-refractivity contribution in [1.82, 2.24) is 5.32 Å². The van der Waals surface area contributed by atoms with Crippen LogP contribution in [0.15, 0.2) is 0 Å². The number of hydrogen-bond donors (Lipinski definition) is 3. The minimum absolute atomic E-state index is 0.123. The number of aliphatic hydroxyl groups excluding tert-OH is 2. The highest BCUT2D eigenvalue weighted by Crippen LogP contribution is 2.21. The smallest absolute Gasteiger partial charge is 0.0636 e. The molecule has 0 aliphatic heterocycles. The van der Waals surface area contributed by atoms with Gasteiger partial charge in [0.1, 0.15) is 0 Å². The van der Waals surface area contributed by atoms with Crippen molar-refractivity contribution in [3.05, 3.63) is 0 Å². The van der Waals surface area contributed by atoms with Gasteiger partial charge in [0.25, 0.3) is 0 Å². The molecule has 0 spiro atoms. The molecule has 0 heterocycles. The minimum Gasteiger partial charge on any atom is -0.396 e. The van der Waals surface area contributed by atoms with Crippen LogP contribution >= 0.6 is 0 Å². The van der Waals surface area contributed by atoms with Crippen LogP contribution in [-0.2, 0) is 0 Å². The maximum atomic E-state index is 9.11. The maximum absolute atomic E-state index is 9.11. The molecule has 0 rings (SSSR count). The molecule has 0 aliphatic rings. The van der Waals surface area contributed by atoms with E-state index in [0.717, 1.165) is 6.42 Å². The molecule has 0 bridgehead atoms. The fourth-order valence-electron chi connectivity index (χ4n) is 1.28. The van der Waals surface area contributed by atoms with Crippen molar-refractivity contribution in [2.24, 2.45) is 5.41 Å². The second-order valence-electron chi connectivity index (χ2n) is 4.69. The van der Waals surface area contributed by atoms with Crippen LogP contribution in [0.25, 0.3) is 0 Å². The Balaban J connectivity index is 3.95. The lowest BCUT2D eigenvalue weighted by Crippen LogP contribution is -2.43. The first-order valence-corrected chi connectivity index (χ1v) is 4.90. The Morgan fingerprint density at radius 2 is 1.85 bits per heavy atom. The van der Waals surface area contributed by atoms with Crippen molar-refractivity contribution in [2.45, 2.75) is 46.3 Å². The largest absolute Gasteiger partial charge is 0.396 e. The van der Waals surface area contributed by atoms with E-state index in [-0.39, 0.29) is 24.2 Å². The molecule has 3 nitrogen and oxygen atoms in total. The van der Waals surface area contributed by atoms with Crippen LogP contribution in [0.2, 0.25) is 0 Å². The summed E-state index contributed by atoms with van der Waals surface area (Å²) in [6, 6.07) is 0.257. The van der Waals surface area contributed by atoms with E-state index in [1.165, 1.54) is 0 Å². The number of aliphatic hydroxyl groups is 2. The number of nitrogens with one attached hydrogen (secondary N) is 1. The Bertz CT molecular complexity index is 129. The van der Waals surface area contributed by atoms with E-state index in [0.29, 0.717) is 6.54 Å². The summed E-state index contributed by atoms with van der Waals surface area (Å²) >= 11 is 0. The van der Waals surface area contributed by atoms with E-state index in [1.54, 1.807) is 6.92 Å². The molecule has 2 atom stereocenters. The third-order valence-corrected chi connectivity index (χ3v) is 2.12. The fraction of sp³-hybridized carbons (Fsp3) is 1.00. The van der Waals surface area contributed by atoms with Crippen LogP contribution in [0.1, 0.15) is 34.1 Å². The predicted molar refractivity (Wildman–Crippen MR) is 54.6 cm³/mol. The van der Waals surface area contributed by atoms with Crippen LogP contribution < -0.4 is 5.32 Å². The van der Waals surface area contributed by atoms with Gasteiger partial charge in [-0.1, -0.05) is 20.8 Å². The van der Waals surface area contributed by atoms with E-state index >= 15 is 0 Å². The van der Waals surface area contributed by atoms with Crippen LogP contribution in [0.4, 0.5) is 0 Å². The molecule has 0 aromatic carbocycles. The summed E-state index contributed by atoms with van der Waals surface area (Å²) in [5, 5.41) is 21.2. The van der Waals surface area contributed by atoms with Crippen LogP contribution in [0.3, 0.4) is 0 Å². The van der Waals surface area contributed by atoms with Gasteiger partial charge in [-0.3, -0.25) is 0 Å². The van der Waals surface area contributed by atoms with Crippen LogP contribution in [0.5, 0.6) is 0 Å². The first-order chi connectivity index (χ1) is 5.88. The molecule has 0 amide bonds. The Morgan fingerprint density at radius 1 is 1.31 bits per heavy atom. The summed E-state index contributed by atoms with van der Waals surface area (Å²) < 4.78 is 0. The quantitative estimate of drug-likeness (QED) is 0.598. The predicted octanol–water partition coefficient (Wildman–Crippen LogP) is 0.754. The van der Waals surface area contributed by atoms with Crippen molar-refractivity contribution in [3.8, 4) is 0 Å². The van der Waals surface area contributed by atoms with E-state index in [9.17, 15) is 0 Å². The minimum atomic E-state index is -0.330. The lowest BCUT2D eigenvalue weighted by Gasteiger charge is -2.31. The molecule has 3 N–H and O–H groups in total. The zero-order valence-corrected chi connectivity index (χ0v) is 9.17. The lowest BCUT2D eigenvalue weighted by molar-refractivity contribution is 0.152. The van der Waals surface area contributed by atoms with Gasteiger partial charge in [-0.05, 0) is 18.8 Å². The van der Waals surface area contributed by atoms with Gasteiger partial charge in [-0.25, -0.2) is 0 Å². The van der Waals surface area contributed by atoms with E-state index in [4.69, 9.17) is 10.2 Å². The molecule has 13 heavy (non-hydrogen) atoms. The highest BCUT2D eigenvalue weighted by atomic mass is 16.3. The van der Waals surface area contributed by atoms with Crippen molar-refractivity contribution in [1.29, 1.82) is 0 Å². The third kappa shape index (κ3) is 6.02. The first-order valence-electron chi connectivity index (χ1n) is 4.90. The van der Waals surface area contributed by atoms with Gasteiger partial charge >= 0.3 is 0 Å². The van der Waals surface area contributed by atoms with Crippen molar-refractivity contribution in [2.75, 3.05) is 13.2 Å². The SMILES string of the molecule is C[C@H](O)CNC(CCO)C(C)(C)C. The number of rotatable bonds is 5. The van der Waals surface area contributed by atoms with Gasteiger partial charge in [-0.2, -0.15) is 0 Å². The van der Waals surface area contributed by atoms with Crippen LogP contribution in [-0.4, -0.2) is 35.5 Å². The summed E-state index contributed by atoms with van der Waals surface area (Å²) in [4.78, 5) is 0. The Labute approximate surface area is 81.2 Å². The molecule has 0 aromatic heterocycles. The summed E-state index contributed by atoms with van der Waals surface area (Å²) in [6.07, 6.45) is 0.402. The molecule has 0 saturated carbocycles. The Hall–Kier alpha value is -0.120.